The summed E-state index contributed by atoms with van der Waals surface area (Å²) in [5.41, 5.74) is 2.43. The number of amides is 3. The van der Waals surface area contributed by atoms with Crippen LogP contribution in [0.1, 0.15) is 5.56 Å². The minimum Gasteiger partial charge on any atom is -0.336 e. The van der Waals surface area contributed by atoms with Gasteiger partial charge in [0, 0.05) is 23.4 Å². The predicted octanol–water partition coefficient (Wildman–Crippen LogP) is 3.42. The number of anilines is 2. The Morgan fingerprint density at radius 3 is 2.04 bits per heavy atom. The molecule has 0 aliphatic carbocycles. The second-order valence-corrected chi connectivity index (χ2v) is 7.63. The fourth-order valence-electron chi connectivity index (χ4n) is 2.21. The van der Waals surface area contributed by atoms with Crippen molar-refractivity contribution in [1.82, 2.24) is 4.90 Å². The van der Waals surface area contributed by atoms with Gasteiger partial charge in [-0.1, -0.05) is 29.3 Å². The third-order valence-electron chi connectivity index (χ3n) is 3.73. The number of hydrogen-bond donors (Lipinski definition) is 2. The summed E-state index contributed by atoms with van der Waals surface area (Å²) in [7, 11) is 1.56. The molecular weight excluding hydrogens is 398 g/mol. The van der Waals surface area contributed by atoms with Crippen molar-refractivity contribution in [2.24, 2.45) is 0 Å². The summed E-state index contributed by atoms with van der Waals surface area (Å²) in [5, 5.41) is 6.07. The molecule has 0 aliphatic rings. The molecule has 8 heteroatoms. The van der Waals surface area contributed by atoms with E-state index >= 15 is 0 Å². The van der Waals surface area contributed by atoms with Gasteiger partial charge in [0.15, 0.2) is 0 Å². The molecule has 0 fully saturated rings. The highest BCUT2D eigenvalue weighted by Gasteiger charge is 2.14. The number of likely N-dealkylation sites (N-methyl/N-ethyl adjacent to an activating group) is 1. The third-order valence-corrected chi connectivity index (χ3v) is 4.90. The lowest BCUT2D eigenvalue weighted by Crippen LogP contribution is -2.36. The van der Waals surface area contributed by atoms with E-state index in [0.717, 1.165) is 5.56 Å². The Morgan fingerprint density at radius 2 is 1.43 bits per heavy atom. The van der Waals surface area contributed by atoms with E-state index in [0.29, 0.717) is 16.4 Å². The van der Waals surface area contributed by atoms with E-state index in [1.54, 1.807) is 31.3 Å². The zero-order chi connectivity index (χ0) is 20.5. The van der Waals surface area contributed by atoms with E-state index in [9.17, 15) is 14.4 Å². The molecule has 0 saturated carbocycles. The second kappa shape index (κ2) is 10.7. The highest BCUT2D eigenvalue weighted by atomic mass is 35.5. The van der Waals surface area contributed by atoms with Crippen LogP contribution in [-0.2, 0) is 14.4 Å². The van der Waals surface area contributed by atoms with Gasteiger partial charge in [-0.15, -0.1) is 11.8 Å². The smallest absolute Gasteiger partial charge is 0.243 e. The van der Waals surface area contributed by atoms with Crippen LogP contribution in [0, 0.1) is 6.92 Å². The van der Waals surface area contributed by atoms with E-state index in [1.165, 1.54) is 16.7 Å². The Morgan fingerprint density at radius 1 is 0.893 bits per heavy atom. The van der Waals surface area contributed by atoms with Crippen molar-refractivity contribution in [3.05, 3.63) is 59.1 Å². The fraction of sp³-hybridized carbons (Fsp3) is 0.250. The van der Waals surface area contributed by atoms with E-state index in [-0.39, 0.29) is 35.8 Å². The van der Waals surface area contributed by atoms with Crippen LogP contribution < -0.4 is 10.6 Å². The van der Waals surface area contributed by atoms with Gasteiger partial charge in [0.2, 0.25) is 17.7 Å². The number of benzene rings is 2. The minimum atomic E-state index is -0.273. The SMILES string of the molecule is Cc1ccc(NC(=O)CN(C)C(=O)CSCC(=O)Nc2ccc(Cl)cc2)cc1. The predicted molar refractivity (Wildman–Crippen MR) is 115 cm³/mol. The second-order valence-electron chi connectivity index (χ2n) is 6.21. The van der Waals surface area contributed by atoms with E-state index < -0.39 is 0 Å². The molecule has 28 heavy (non-hydrogen) atoms. The largest absolute Gasteiger partial charge is 0.336 e. The molecule has 148 valence electrons. The molecule has 0 unspecified atom stereocenters. The zero-order valence-corrected chi connectivity index (χ0v) is 17.3. The molecule has 0 aliphatic heterocycles. The Kier molecular flexibility index (Phi) is 8.35. The van der Waals surface area contributed by atoms with E-state index in [1.807, 2.05) is 31.2 Å². The molecule has 0 aromatic heterocycles. The van der Waals surface area contributed by atoms with Crippen LogP contribution in [0.3, 0.4) is 0 Å². The van der Waals surface area contributed by atoms with Crippen molar-refractivity contribution in [2.75, 3.05) is 35.7 Å². The topological polar surface area (TPSA) is 78.5 Å². The first-order valence-electron chi connectivity index (χ1n) is 8.57. The molecule has 0 bridgehead atoms. The summed E-state index contributed by atoms with van der Waals surface area (Å²) in [6, 6.07) is 14.2. The highest BCUT2D eigenvalue weighted by Crippen LogP contribution is 2.14. The van der Waals surface area contributed by atoms with Gasteiger partial charge in [-0.05, 0) is 43.3 Å². The van der Waals surface area contributed by atoms with Crippen molar-refractivity contribution in [1.29, 1.82) is 0 Å². The van der Waals surface area contributed by atoms with Gasteiger partial charge in [-0.2, -0.15) is 0 Å². The first-order chi connectivity index (χ1) is 13.3. The molecule has 6 nitrogen and oxygen atoms in total. The van der Waals surface area contributed by atoms with Crippen LogP contribution in [0.4, 0.5) is 11.4 Å². The molecule has 0 heterocycles. The number of carbonyl (C=O) groups is 3. The molecule has 3 amide bonds. The van der Waals surface area contributed by atoms with Gasteiger partial charge < -0.3 is 15.5 Å². The van der Waals surface area contributed by atoms with Gasteiger partial charge >= 0.3 is 0 Å². The molecule has 2 rings (SSSR count). The molecule has 2 aromatic carbocycles. The van der Waals surface area contributed by atoms with Crippen LogP contribution in [0.15, 0.2) is 48.5 Å². The van der Waals surface area contributed by atoms with Crippen molar-refractivity contribution in [3.63, 3.8) is 0 Å². The summed E-state index contributed by atoms with van der Waals surface area (Å²) >= 11 is 6.99. The number of halogens is 1. The Bertz CT molecular complexity index is 826. The lowest BCUT2D eigenvalue weighted by molar-refractivity contribution is -0.131. The summed E-state index contributed by atoms with van der Waals surface area (Å²) < 4.78 is 0. The van der Waals surface area contributed by atoms with E-state index in [4.69, 9.17) is 11.6 Å². The van der Waals surface area contributed by atoms with Crippen LogP contribution in [0.25, 0.3) is 0 Å². The van der Waals surface area contributed by atoms with Crippen LogP contribution in [0.5, 0.6) is 0 Å². The minimum absolute atomic E-state index is 0.0513. The molecule has 2 N–H and O–H groups in total. The molecule has 0 spiro atoms. The lowest BCUT2D eigenvalue weighted by atomic mass is 10.2. The molecule has 0 radical (unpaired) electrons. The molecule has 2 aromatic rings. The van der Waals surface area contributed by atoms with Gasteiger partial charge in [-0.3, -0.25) is 14.4 Å². The van der Waals surface area contributed by atoms with Crippen LogP contribution >= 0.6 is 23.4 Å². The van der Waals surface area contributed by atoms with Crippen molar-refractivity contribution in [3.8, 4) is 0 Å². The van der Waals surface area contributed by atoms with Gasteiger partial charge in [0.05, 0.1) is 18.1 Å². The average molecular weight is 420 g/mol. The highest BCUT2D eigenvalue weighted by molar-refractivity contribution is 8.00. The van der Waals surface area contributed by atoms with Crippen LogP contribution in [-0.4, -0.2) is 47.7 Å². The summed E-state index contributed by atoms with van der Waals surface area (Å²) in [4.78, 5) is 37.4. The molecule has 0 saturated heterocycles. The molecule has 0 atom stereocenters. The number of carbonyl (C=O) groups excluding carboxylic acids is 3. The van der Waals surface area contributed by atoms with Crippen molar-refractivity contribution >= 4 is 52.5 Å². The summed E-state index contributed by atoms with van der Waals surface area (Å²) in [5.74, 6) is -0.450. The lowest BCUT2D eigenvalue weighted by Gasteiger charge is -2.16. The number of nitrogens with one attached hydrogen (secondary N) is 2. The zero-order valence-electron chi connectivity index (χ0n) is 15.7. The number of nitrogens with zero attached hydrogens (tertiary/aromatic N) is 1. The number of hydrogen-bond acceptors (Lipinski definition) is 4. The number of thioether (sulfide) groups is 1. The number of aryl methyl sites for hydroxylation is 1. The normalized spacial score (nSPS) is 10.2. The Balaban J connectivity index is 1.68. The Hall–Kier alpha value is -2.51. The Labute approximate surface area is 173 Å². The first kappa shape index (κ1) is 21.8. The van der Waals surface area contributed by atoms with Gasteiger partial charge in [0.25, 0.3) is 0 Å². The average Bonchev–Trinajstić information content (AvgIpc) is 2.65. The van der Waals surface area contributed by atoms with Gasteiger partial charge in [0.1, 0.15) is 0 Å². The standard InChI is InChI=1S/C20H22ClN3O3S/c1-14-3-7-16(8-4-14)22-18(25)11-24(2)20(27)13-28-12-19(26)23-17-9-5-15(21)6-10-17/h3-10H,11-13H2,1-2H3,(H,22,25)(H,23,26). The van der Waals surface area contributed by atoms with Gasteiger partial charge in [-0.25, -0.2) is 0 Å². The van der Waals surface area contributed by atoms with Crippen molar-refractivity contribution in [2.45, 2.75) is 6.92 Å². The maximum absolute atomic E-state index is 12.1. The van der Waals surface area contributed by atoms with Crippen molar-refractivity contribution < 1.29 is 14.4 Å². The maximum Gasteiger partial charge on any atom is 0.243 e. The van der Waals surface area contributed by atoms with Crippen LogP contribution in [0.2, 0.25) is 5.02 Å². The monoisotopic (exact) mass is 419 g/mol. The summed E-state index contributed by atoms with van der Waals surface area (Å²) in [6.45, 7) is 1.91. The quantitative estimate of drug-likeness (QED) is 0.687. The third kappa shape index (κ3) is 7.62. The summed E-state index contributed by atoms with van der Waals surface area (Å²) in [6.07, 6.45) is 0. The first-order valence-corrected chi connectivity index (χ1v) is 10.1. The van der Waals surface area contributed by atoms with E-state index in [2.05, 4.69) is 10.6 Å². The maximum atomic E-state index is 12.1. The molecular formula is C20H22ClN3O3S. The fourth-order valence-corrected chi connectivity index (χ4v) is 3.09. The number of rotatable bonds is 8.